The molecule has 4 rings (SSSR count). The molecule has 36 heavy (non-hydrogen) atoms. The van der Waals surface area contributed by atoms with E-state index < -0.39 is 22.0 Å². The molecule has 0 radical (unpaired) electrons. The lowest BCUT2D eigenvalue weighted by Gasteiger charge is -2.39. The highest BCUT2D eigenvalue weighted by atomic mass is 32.2. The maximum Gasteiger partial charge on any atom is 0.413 e. The first-order chi connectivity index (χ1) is 17.0. The number of aliphatic hydroxyl groups is 1. The number of pyridine rings is 1. The van der Waals surface area contributed by atoms with Crippen molar-refractivity contribution in [2.45, 2.75) is 69.8 Å². The van der Waals surface area contributed by atoms with Gasteiger partial charge in [0.15, 0.2) is 15.6 Å². The number of hydrogen-bond acceptors (Lipinski definition) is 8. The number of aliphatic hydroxyl groups excluding tert-OH is 1. The quantitative estimate of drug-likeness (QED) is 0.455. The van der Waals surface area contributed by atoms with E-state index >= 15 is 0 Å². The normalized spacial score (nSPS) is 23.2. The van der Waals surface area contributed by atoms with Crippen LogP contribution in [0.2, 0.25) is 0 Å². The average molecular weight is 521 g/mol. The van der Waals surface area contributed by atoms with Crippen LogP contribution in [0.5, 0.6) is 5.75 Å². The van der Waals surface area contributed by atoms with Crippen molar-refractivity contribution in [2.24, 2.45) is 0 Å². The highest BCUT2D eigenvalue weighted by molar-refractivity contribution is 7.90. The van der Waals surface area contributed by atoms with Gasteiger partial charge in [-0.15, -0.1) is 0 Å². The van der Waals surface area contributed by atoms with Crippen LogP contribution in [0, 0.1) is 0 Å². The number of para-hydroxylation sites is 1. The summed E-state index contributed by atoms with van der Waals surface area (Å²) in [6.07, 6.45) is 3.23. The van der Waals surface area contributed by atoms with Gasteiger partial charge in [0.1, 0.15) is 0 Å². The molecule has 2 fully saturated rings. The number of nitrogens with one attached hydrogen (secondary N) is 2. The van der Waals surface area contributed by atoms with E-state index in [4.69, 9.17) is 4.74 Å². The zero-order chi connectivity index (χ0) is 26.0. The summed E-state index contributed by atoms with van der Waals surface area (Å²) in [5.74, 6) is -0.158. The lowest BCUT2D eigenvalue weighted by molar-refractivity contribution is 0.0530. The average Bonchev–Trinajstić information content (AvgIpc) is 3.00. The molecule has 4 atom stereocenters. The van der Waals surface area contributed by atoms with Crippen LogP contribution in [0.15, 0.2) is 35.1 Å². The Labute approximate surface area is 211 Å². The topological polar surface area (TPSA) is 130 Å². The highest BCUT2D eigenvalue weighted by Crippen LogP contribution is 2.35. The molecule has 2 aliphatic heterocycles. The number of amides is 1. The molecular weight excluding hydrogens is 484 g/mol. The summed E-state index contributed by atoms with van der Waals surface area (Å²) in [6, 6.07) is 9.39. The molecule has 0 aliphatic carbocycles. The fourth-order valence-corrected chi connectivity index (χ4v) is 6.04. The Morgan fingerprint density at radius 2 is 1.86 bits per heavy atom. The van der Waals surface area contributed by atoms with E-state index in [-0.39, 0.29) is 47.9 Å². The molecule has 2 bridgehead atoms. The van der Waals surface area contributed by atoms with Crippen LogP contribution in [0.3, 0.4) is 0 Å². The minimum absolute atomic E-state index is 0.00465. The third-order valence-corrected chi connectivity index (χ3v) is 7.73. The van der Waals surface area contributed by atoms with Gasteiger partial charge in [-0.3, -0.25) is 9.69 Å². The zero-order valence-electron chi connectivity index (χ0n) is 21.0. The lowest BCUT2D eigenvalue weighted by Crippen LogP contribution is -2.53. The molecule has 3 N–H and O–H groups in total. The van der Waals surface area contributed by atoms with Gasteiger partial charge in [0.2, 0.25) is 0 Å². The minimum Gasteiger partial charge on any atom is -0.404 e. The van der Waals surface area contributed by atoms with Crippen molar-refractivity contribution in [1.29, 1.82) is 0 Å². The standard InChI is InChI=1S/C25H36N4O6S/c1-16(2)29-22-7-5-4-6-17(22)10-23(24(29)31)35-25(32)27-18-11-19-8-9-20(12-18)28(19)14-21(30)13-26-15-36(3,33)34/h4-7,10,16,18-21,26,30H,8-9,11-15H2,1-3H3,(H,27,32)/t18-,19-,20+,21?. The fourth-order valence-electron chi connectivity index (χ4n) is 5.55. The number of sulfone groups is 1. The summed E-state index contributed by atoms with van der Waals surface area (Å²) in [4.78, 5) is 28.0. The van der Waals surface area contributed by atoms with E-state index in [9.17, 15) is 23.1 Å². The molecule has 2 aliphatic rings. The monoisotopic (exact) mass is 520 g/mol. The van der Waals surface area contributed by atoms with Gasteiger partial charge in [0.05, 0.1) is 17.5 Å². The molecule has 10 nitrogen and oxygen atoms in total. The smallest absolute Gasteiger partial charge is 0.404 e. The molecule has 1 unspecified atom stereocenters. The van der Waals surface area contributed by atoms with Gasteiger partial charge in [0, 0.05) is 48.9 Å². The molecular formula is C25H36N4O6S. The molecule has 11 heteroatoms. The van der Waals surface area contributed by atoms with Crippen LogP contribution in [0.25, 0.3) is 10.9 Å². The predicted octanol–water partition coefficient (Wildman–Crippen LogP) is 1.62. The van der Waals surface area contributed by atoms with Gasteiger partial charge >= 0.3 is 6.09 Å². The van der Waals surface area contributed by atoms with E-state index in [1.807, 2.05) is 38.1 Å². The number of aromatic nitrogens is 1. The molecule has 2 aromatic rings. The van der Waals surface area contributed by atoms with Crippen molar-refractivity contribution >= 4 is 26.8 Å². The summed E-state index contributed by atoms with van der Waals surface area (Å²) in [5, 5.41) is 16.9. The number of nitrogens with zero attached hydrogens (tertiary/aromatic N) is 2. The second-order valence-corrected chi connectivity index (χ2v) is 12.4. The van der Waals surface area contributed by atoms with E-state index in [2.05, 4.69) is 15.5 Å². The van der Waals surface area contributed by atoms with Crippen LogP contribution >= 0.6 is 0 Å². The molecule has 2 saturated heterocycles. The number of benzene rings is 1. The van der Waals surface area contributed by atoms with E-state index in [0.29, 0.717) is 6.54 Å². The molecule has 0 saturated carbocycles. The zero-order valence-corrected chi connectivity index (χ0v) is 21.8. The third kappa shape index (κ3) is 6.26. The van der Waals surface area contributed by atoms with E-state index in [1.54, 1.807) is 10.6 Å². The van der Waals surface area contributed by atoms with Gasteiger partial charge in [-0.05, 0) is 51.7 Å². The first-order valence-corrected chi connectivity index (χ1v) is 14.5. The second-order valence-electron chi connectivity index (χ2n) is 10.3. The largest absolute Gasteiger partial charge is 0.413 e. The van der Waals surface area contributed by atoms with Gasteiger partial charge in [-0.1, -0.05) is 18.2 Å². The SMILES string of the molecule is CC(C)n1c(=O)c(OC(=O)N[C@@H]2C[C@H]3CC[C@@H](C2)N3CC(O)CNCS(C)(=O)=O)cc2ccccc21. The molecule has 1 aromatic heterocycles. The number of hydrogen-bond donors (Lipinski definition) is 3. The van der Waals surface area contributed by atoms with Crippen molar-refractivity contribution in [1.82, 2.24) is 20.1 Å². The summed E-state index contributed by atoms with van der Waals surface area (Å²) in [6.45, 7) is 4.49. The Balaban J connectivity index is 1.35. The molecule has 3 heterocycles. The first kappa shape index (κ1) is 26.6. The van der Waals surface area contributed by atoms with Crippen molar-refractivity contribution in [3.63, 3.8) is 0 Å². The predicted molar refractivity (Wildman–Crippen MR) is 138 cm³/mol. The van der Waals surface area contributed by atoms with Gasteiger partial charge < -0.3 is 25.0 Å². The van der Waals surface area contributed by atoms with Crippen LogP contribution in [0.1, 0.15) is 45.6 Å². The Bertz CT molecular complexity index is 1250. The van der Waals surface area contributed by atoms with Crippen molar-refractivity contribution < 1.29 is 23.1 Å². The Hall–Kier alpha value is -2.47. The number of carbonyl (C=O) groups is 1. The maximum atomic E-state index is 13.0. The van der Waals surface area contributed by atoms with Crippen LogP contribution in [-0.4, -0.2) is 78.5 Å². The Morgan fingerprint density at radius 3 is 2.50 bits per heavy atom. The van der Waals surface area contributed by atoms with Gasteiger partial charge in [0.25, 0.3) is 5.56 Å². The highest BCUT2D eigenvalue weighted by Gasteiger charge is 2.41. The first-order valence-electron chi connectivity index (χ1n) is 12.5. The van der Waals surface area contributed by atoms with Crippen molar-refractivity contribution in [3.8, 4) is 5.75 Å². The van der Waals surface area contributed by atoms with Crippen molar-refractivity contribution in [2.75, 3.05) is 25.2 Å². The van der Waals surface area contributed by atoms with Gasteiger partial charge in [-0.25, -0.2) is 13.2 Å². The number of ether oxygens (including phenoxy) is 1. The van der Waals surface area contributed by atoms with Crippen LogP contribution in [0.4, 0.5) is 4.79 Å². The lowest BCUT2D eigenvalue weighted by atomic mass is 9.97. The summed E-state index contributed by atoms with van der Waals surface area (Å²) < 4.78 is 29.7. The number of carbonyl (C=O) groups excluding carboxylic acids is 1. The summed E-state index contributed by atoms with van der Waals surface area (Å²) in [5.41, 5.74) is 0.454. The number of rotatable bonds is 9. The molecule has 1 aromatic carbocycles. The second kappa shape index (κ2) is 10.9. The number of fused-ring (bicyclic) bond motifs is 3. The maximum absolute atomic E-state index is 13.0. The summed E-state index contributed by atoms with van der Waals surface area (Å²) in [7, 11) is -3.13. The van der Waals surface area contributed by atoms with Crippen LogP contribution in [-0.2, 0) is 9.84 Å². The van der Waals surface area contributed by atoms with Crippen LogP contribution < -0.4 is 20.9 Å². The Kier molecular flexibility index (Phi) is 8.03. The fraction of sp³-hybridized carbons (Fsp3) is 0.600. The molecule has 0 spiro atoms. The van der Waals surface area contributed by atoms with E-state index in [1.165, 1.54) is 0 Å². The van der Waals surface area contributed by atoms with Gasteiger partial charge in [-0.2, -0.15) is 0 Å². The van der Waals surface area contributed by atoms with Crippen molar-refractivity contribution in [3.05, 3.63) is 40.7 Å². The molecule has 1 amide bonds. The van der Waals surface area contributed by atoms with E-state index in [0.717, 1.165) is 42.8 Å². The minimum atomic E-state index is -3.13. The molecule has 198 valence electrons. The summed E-state index contributed by atoms with van der Waals surface area (Å²) >= 11 is 0. The number of piperidine rings is 1. The third-order valence-electron chi connectivity index (χ3n) is 7.00. The Morgan fingerprint density at radius 1 is 1.19 bits per heavy atom.